The number of para-hydroxylation sites is 1. The molecule has 3 aliphatic carbocycles. The first kappa shape index (κ1) is 15.1. The number of benzene rings is 2. The topological polar surface area (TPSA) is 6.48 Å². The summed E-state index contributed by atoms with van der Waals surface area (Å²) >= 11 is 0. The average molecular weight is 345 g/mol. The molecule has 0 saturated heterocycles. The van der Waals surface area contributed by atoms with Crippen molar-refractivity contribution in [2.75, 3.05) is 16.5 Å². The van der Waals surface area contributed by atoms with Crippen LogP contribution in [0.2, 0.25) is 0 Å². The first-order valence-corrected chi connectivity index (χ1v) is 10.5. The predicted molar refractivity (Wildman–Crippen MR) is 107 cm³/mol. The van der Waals surface area contributed by atoms with Crippen molar-refractivity contribution in [1.29, 1.82) is 0 Å². The van der Waals surface area contributed by atoms with Gasteiger partial charge in [0.05, 0.1) is 6.67 Å². The van der Waals surface area contributed by atoms with Gasteiger partial charge in [-0.05, 0) is 72.3 Å². The molecular formula is C24H28N2. The average Bonchev–Trinajstić information content (AvgIpc) is 2.69. The lowest BCUT2D eigenvalue weighted by atomic mass is 9.63. The highest BCUT2D eigenvalue weighted by Crippen LogP contribution is 2.46. The van der Waals surface area contributed by atoms with Gasteiger partial charge < -0.3 is 9.80 Å². The van der Waals surface area contributed by atoms with Gasteiger partial charge in [-0.15, -0.1) is 0 Å². The summed E-state index contributed by atoms with van der Waals surface area (Å²) in [6, 6.07) is 16.3. The molecule has 2 heteroatoms. The summed E-state index contributed by atoms with van der Waals surface area (Å²) in [5.74, 6) is 3.00. The molecule has 2 aliphatic heterocycles. The van der Waals surface area contributed by atoms with E-state index in [0.717, 1.165) is 37.5 Å². The summed E-state index contributed by atoms with van der Waals surface area (Å²) < 4.78 is 0. The fraction of sp³-hybridized carbons (Fsp3) is 0.500. The Balaban J connectivity index is 1.27. The molecule has 1 unspecified atom stereocenters. The van der Waals surface area contributed by atoms with E-state index in [9.17, 15) is 0 Å². The molecule has 5 aliphatic rings. The molecule has 26 heavy (non-hydrogen) atoms. The second-order valence-electron chi connectivity index (χ2n) is 9.11. The third-order valence-electron chi connectivity index (χ3n) is 7.57. The smallest absolute Gasteiger partial charge is 0.0910 e. The Kier molecular flexibility index (Phi) is 3.36. The van der Waals surface area contributed by atoms with Crippen molar-refractivity contribution < 1.29 is 0 Å². The minimum atomic E-state index is 0.949. The van der Waals surface area contributed by atoms with Crippen molar-refractivity contribution in [1.82, 2.24) is 0 Å². The molecule has 0 N–H and O–H groups in total. The van der Waals surface area contributed by atoms with E-state index in [2.05, 4.69) is 52.3 Å². The lowest BCUT2D eigenvalue weighted by Gasteiger charge is -2.45. The van der Waals surface area contributed by atoms with Gasteiger partial charge in [-0.1, -0.05) is 43.2 Å². The summed E-state index contributed by atoms with van der Waals surface area (Å²) in [6.45, 7) is 3.15. The van der Waals surface area contributed by atoms with Crippen molar-refractivity contribution in [3.8, 4) is 0 Å². The molecule has 0 amide bonds. The zero-order valence-corrected chi connectivity index (χ0v) is 15.5. The Morgan fingerprint density at radius 1 is 0.808 bits per heavy atom. The molecular weight excluding hydrogens is 316 g/mol. The van der Waals surface area contributed by atoms with Crippen LogP contribution in [0.1, 0.15) is 48.8 Å². The van der Waals surface area contributed by atoms with Gasteiger partial charge in [0, 0.05) is 24.5 Å². The van der Waals surface area contributed by atoms with E-state index in [1.165, 1.54) is 61.0 Å². The van der Waals surface area contributed by atoms with E-state index in [1.54, 1.807) is 5.56 Å². The minimum Gasteiger partial charge on any atom is -0.349 e. The van der Waals surface area contributed by atoms with E-state index in [-0.39, 0.29) is 0 Å². The number of hydrogen-bond donors (Lipinski definition) is 0. The molecule has 4 bridgehead atoms. The summed E-state index contributed by atoms with van der Waals surface area (Å²) in [5, 5.41) is 0. The summed E-state index contributed by atoms with van der Waals surface area (Å²) in [4.78, 5) is 5.10. The second-order valence-corrected chi connectivity index (χ2v) is 9.11. The van der Waals surface area contributed by atoms with Crippen molar-refractivity contribution in [3.05, 3.63) is 59.2 Å². The molecule has 7 rings (SSSR count). The molecule has 2 nitrogen and oxygen atoms in total. The normalized spacial score (nSPS) is 28.7. The Morgan fingerprint density at radius 3 is 2.38 bits per heavy atom. The number of anilines is 2. The van der Waals surface area contributed by atoms with Gasteiger partial charge in [-0.2, -0.15) is 0 Å². The molecule has 3 saturated carbocycles. The Bertz CT molecular complexity index is 834. The summed E-state index contributed by atoms with van der Waals surface area (Å²) in [6.07, 6.45) is 8.82. The lowest BCUT2D eigenvalue weighted by molar-refractivity contribution is 0.0991. The Hall–Kier alpha value is -1.96. The van der Waals surface area contributed by atoms with Gasteiger partial charge >= 0.3 is 0 Å². The van der Waals surface area contributed by atoms with Crippen LogP contribution >= 0.6 is 0 Å². The van der Waals surface area contributed by atoms with E-state index in [1.807, 2.05) is 0 Å². The largest absolute Gasteiger partial charge is 0.349 e. The van der Waals surface area contributed by atoms with Gasteiger partial charge in [0.1, 0.15) is 0 Å². The van der Waals surface area contributed by atoms with Gasteiger partial charge in [-0.25, -0.2) is 0 Å². The van der Waals surface area contributed by atoms with Crippen molar-refractivity contribution >= 4 is 11.4 Å². The Morgan fingerprint density at radius 2 is 1.58 bits per heavy atom. The summed E-state index contributed by atoms with van der Waals surface area (Å²) in [5.41, 5.74) is 7.47. The highest BCUT2D eigenvalue weighted by molar-refractivity contribution is 5.67. The molecule has 134 valence electrons. The van der Waals surface area contributed by atoms with Gasteiger partial charge in [0.2, 0.25) is 0 Å². The SMILES string of the molecule is c1ccc2c(c1)CN1CN2Cc2cc(CC3CC4CCC3CC4)ccc21. The summed E-state index contributed by atoms with van der Waals surface area (Å²) in [7, 11) is 0. The van der Waals surface area contributed by atoms with Crippen molar-refractivity contribution in [2.45, 2.75) is 51.6 Å². The molecule has 1 atom stereocenters. The fourth-order valence-electron chi connectivity index (χ4n) is 6.26. The van der Waals surface area contributed by atoms with Crippen LogP contribution in [0.15, 0.2) is 42.5 Å². The number of rotatable bonds is 2. The quantitative estimate of drug-likeness (QED) is 0.724. The Labute approximate surface area is 156 Å². The van der Waals surface area contributed by atoms with Gasteiger partial charge in [0.15, 0.2) is 0 Å². The molecule has 2 aromatic carbocycles. The van der Waals surface area contributed by atoms with Crippen LogP contribution in [-0.4, -0.2) is 6.67 Å². The van der Waals surface area contributed by atoms with Crippen LogP contribution in [0.5, 0.6) is 0 Å². The third-order valence-corrected chi connectivity index (χ3v) is 7.57. The molecule has 3 fully saturated rings. The number of fused-ring (bicyclic) bond motifs is 9. The maximum Gasteiger partial charge on any atom is 0.0910 e. The third kappa shape index (κ3) is 2.38. The number of hydrogen-bond acceptors (Lipinski definition) is 2. The van der Waals surface area contributed by atoms with Crippen LogP contribution in [0, 0.1) is 17.8 Å². The van der Waals surface area contributed by atoms with E-state index in [0.29, 0.717) is 0 Å². The van der Waals surface area contributed by atoms with E-state index >= 15 is 0 Å². The number of nitrogens with zero attached hydrogens (tertiary/aromatic N) is 2. The predicted octanol–water partition coefficient (Wildman–Crippen LogP) is 5.35. The zero-order valence-electron chi connectivity index (χ0n) is 15.5. The van der Waals surface area contributed by atoms with Crippen LogP contribution in [0.4, 0.5) is 11.4 Å². The fourth-order valence-corrected chi connectivity index (χ4v) is 6.26. The lowest BCUT2D eigenvalue weighted by Crippen LogP contribution is -2.46. The first-order chi connectivity index (χ1) is 12.8. The zero-order chi connectivity index (χ0) is 17.1. The molecule has 0 spiro atoms. The molecule has 2 heterocycles. The monoisotopic (exact) mass is 344 g/mol. The standard InChI is InChI=1S/C24H28N2/c1-2-4-23-20(3-1)14-25-16-26(23)15-22-13-18(7-10-24(22)25)12-21-11-17-5-8-19(21)9-6-17/h1-4,7,10,13,17,19,21H,5-6,8-9,11-12,14-16H2. The van der Waals surface area contributed by atoms with Gasteiger partial charge in [-0.3, -0.25) is 0 Å². The molecule has 0 aromatic heterocycles. The second kappa shape index (κ2) is 5.77. The molecule has 0 radical (unpaired) electrons. The van der Waals surface area contributed by atoms with Crippen LogP contribution < -0.4 is 9.80 Å². The highest BCUT2D eigenvalue weighted by atomic mass is 15.4. The van der Waals surface area contributed by atoms with Crippen LogP contribution in [0.3, 0.4) is 0 Å². The maximum atomic E-state index is 2.55. The minimum absolute atomic E-state index is 0.949. The first-order valence-electron chi connectivity index (χ1n) is 10.5. The maximum absolute atomic E-state index is 2.55. The van der Waals surface area contributed by atoms with Crippen molar-refractivity contribution in [3.63, 3.8) is 0 Å². The van der Waals surface area contributed by atoms with Crippen molar-refractivity contribution in [2.24, 2.45) is 17.8 Å². The highest BCUT2D eigenvalue weighted by Gasteiger charge is 2.35. The van der Waals surface area contributed by atoms with Crippen LogP contribution in [-0.2, 0) is 19.5 Å². The van der Waals surface area contributed by atoms with Gasteiger partial charge in [0.25, 0.3) is 0 Å². The molecule has 2 aromatic rings. The van der Waals surface area contributed by atoms with Crippen LogP contribution in [0.25, 0.3) is 0 Å². The van der Waals surface area contributed by atoms with E-state index in [4.69, 9.17) is 0 Å². The van der Waals surface area contributed by atoms with E-state index < -0.39 is 0 Å².